The van der Waals surface area contributed by atoms with Gasteiger partial charge in [0, 0.05) is 33.2 Å². The molecule has 1 aliphatic heterocycles. The second-order valence-electron chi connectivity index (χ2n) is 5.20. The van der Waals surface area contributed by atoms with Crippen LogP contribution in [-0.4, -0.2) is 65.4 Å². The van der Waals surface area contributed by atoms with Gasteiger partial charge in [0.1, 0.15) is 17.2 Å². The van der Waals surface area contributed by atoms with Crippen LogP contribution in [0.5, 0.6) is 0 Å². The van der Waals surface area contributed by atoms with E-state index in [9.17, 15) is 4.79 Å². The molecule has 0 saturated carbocycles. The minimum atomic E-state index is 0.148. The Morgan fingerprint density at radius 2 is 2.20 bits per heavy atom. The molecule has 0 aliphatic carbocycles. The summed E-state index contributed by atoms with van der Waals surface area (Å²) in [5, 5.41) is 3.88. The van der Waals surface area contributed by atoms with E-state index < -0.39 is 0 Å². The molecule has 0 atom stereocenters. The standard InChI is InChI=1S/C13H20ClN5O/c1-18(2)12(20)8-19-5-3-10(4-6-19)17-13-11(14)7-15-9-16-13/h7,9-10H,3-6,8H2,1-2H3,(H,15,16,17). The fourth-order valence-electron chi connectivity index (χ4n) is 2.18. The van der Waals surface area contributed by atoms with Gasteiger partial charge in [-0.3, -0.25) is 9.69 Å². The molecule has 0 radical (unpaired) electrons. The molecule has 1 aliphatic rings. The third-order valence-corrected chi connectivity index (χ3v) is 3.73. The summed E-state index contributed by atoms with van der Waals surface area (Å²) in [5.74, 6) is 0.833. The summed E-state index contributed by atoms with van der Waals surface area (Å²) in [5.41, 5.74) is 0. The van der Waals surface area contributed by atoms with Crippen molar-refractivity contribution in [1.82, 2.24) is 19.8 Å². The first kappa shape index (κ1) is 15.0. The minimum absolute atomic E-state index is 0.148. The summed E-state index contributed by atoms with van der Waals surface area (Å²) in [4.78, 5) is 23.5. The lowest BCUT2D eigenvalue weighted by Gasteiger charge is -2.32. The largest absolute Gasteiger partial charge is 0.366 e. The molecule has 1 saturated heterocycles. The highest BCUT2D eigenvalue weighted by Crippen LogP contribution is 2.20. The number of rotatable bonds is 4. The van der Waals surface area contributed by atoms with Crippen molar-refractivity contribution in [1.29, 1.82) is 0 Å². The average molecular weight is 298 g/mol. The van der Waals surface area contributed by atoms with Crippen molar-refractivity contribution in [3.63, 3.8) is 0 Å². The lowest BCUT2D eigenvalue weighted by atomic mass is 10.1. The molecule has 1 aromatic heterocycles. The Morgan fingerprint density at radius 1 is 1.50 bits per heavy atom. The van der Waals surface area contributed by atoms with Crippen LogP contribution in [0.2, 0.25) is 5.02 Å². The van der Waals surface area contributed by atoms with Gasteiger partial charge in [-0.25, -0.2) is 9.97 Å². The molecule has 0 unspecified atom stereocenters. The number of carbonyl (C=O) groups is 1. The summed E-state index contributed by atoms with van der Waals surface area (Å²) >= 11 is 6.03. The van der Waals surface area contributed by atoms with E-state index in [1.165, 1.54) is 6.33 Å². The number of likely N-dealkylation sites (tertiary alicyclic amines) is 1. The van der Waals surface area contributed by atoms with Crippen molar-refractivity contribution in [2.45, 2.75) is 18.9 Å². The van der Waals surface area contributed by atoms with Gasteiger partial charge in [-0.15, -0.1) is 0 Å². The molecule has 7 heteroatoms. The molecule has 1 N–H and O–H groups in total. The Bertz CT molecular complexity index is 460. The van der Waals surface area contributed by atoms with E-state index in [0.717, 1.165) is 25.9 Å². The molecule has 1 fully saturated rings. The van der Waals surface area contributed by atoms with E-state index in [-0.39, 0.29) is 5.91 Å². The molecule has 110 valence electrons. The number of aromatic nitrogens is 2. The van der Waals surface area contributed by atoms with Gasteiger partial charge in [-0.05, 0) is 12.8 Å². The molecule has 0 aromatic carbocycles. The molecule has 6 nitrogen and oxygen atoms in total. The van der Waals surface area contributed by atoms with Gasteiger partial charge in [0.05, 0.1) is 12.7 Å². The first-order valence-electron chi connectivity index (χ1n) is 6.71. The van der Waals surface area contributed by atoms with Crippen LogP contribution in [0.1, 0.15) is 12.8 Å². The first-order valence-corrected chi connectivity index (χ1v) is 7.08. The van der Waals surface area contributed by atoms with Crippen molar-refractivity contribution >= 4 is 23.3 Å². The zero-order valence-electron chi connectivity index (χ0n) is 11.8. The molecule has 1 amide bonds. The van der Waals surface area contributed by atoms with Crippen molar-refractivity contribution < 1.29 is 4.79 Å². The maximum Gasteiger partial charge on any atom is 0.236 e. The Labute approximate surface area is 124 Å². The number of hydrogen-bond acceptors (Lipinski definition) is 5. The molecule has 2 heterocycles. The molecule has 0 bridgehead atoms. The monoisotopic (exact) mass is 297 g/mol. The summed E-state index contributed by atoms with van der Waals surface area (Å²) in [6, 6.07) is 0.341. The Balaban J connectivity index is 1.80. The van der Waals surface area contributed by atoms with E-state index in [1.54, 1.807) is 25.2 Å². The van der Waals surface area contributed by atoms with Crippen LogP contribution in [0.4, 0.5) is 5.82 Å². The van der Waals surface area contributed by atoms with E-state index in [1.807, 2.05) is 0 Å². The van der Waals surface area contributed by atoms with Crippen molar-refractivity contribution in [2.24, 2.45) is 0 Å². The zero-order valence-corrected chi connectivity index (χ0v) is 12.6. The normalized spacial score (nSPS) is 16.9. The fourth-order valence-corrected chi connectivity index (χ4v) is 2.34. The first-order chi connectivity index (χ1) is 9.56. The van der Waals surface area contributed by atoms with Gasteiger partial charge >= 0.3 is 0 Å². The summed E-state index contributed by atoms with van der Waals surface area (Å²) in [6.45, 7) is 2.30. The van der Waals surface area contributed by atoms with E-state index in [4.69, 9.17) is 11.6 Å². The maximum atomic E-state index is 11.7. The predicted molar refractivity (Wildman–Crippen MR) is 78.8 cm³/mol. The summed E-state index contributed by atoms with van der Waals surface area (Å²) in [6.07, 6.45) is 5.02. The quantitative estimate of drug-likeness (QED) is 0.901. The fraction of sp³-hybridized carbons (Fsp3) is 0.615. The van der Waals surface area contributed by atoms with Gasteiger partial charge in [-0.2, -0.15) is 0 Å². The van der Waals surface area contributed by atoms with E-state index >= 15 is 0 Å². The number of hydrogen-bond donors (Lipinski definition) is 1. The van der Waals surface area contributed by atoms with E-state index in [0.29, 0.717) is 23.4 Å². The number of anilines is 1. The lowest BCUT2D eigenvalue weighted by molar-refractivity contribution is -0.130. The Kier molecular flexibility index (Phi) is 5.14. The Hall–Kier alpha value is -1.40. The van der Waals surface area contributed by atoms with Crippen LogP contribution in [0.3, 0.4) is 0 Å². The van der Waals surface area contributed by atoms with Crippen LogP contribution in [0, 0.1) is 0 Å². The number of likely N-dealkylation sites (N-methyl/N-ethyl adjacent to an activating group) is 1. The van der Waals surface area contributed by atoms with Crippen molar-refractivity contribution in [2.75, 3.05) is 39.0 Å². The number of carbonyl (C=O) groups excluding carboxylic acids is 1. The van der Waals surface area contributed by atoms with Gasteiger partial charge in [0.2, 0.25) is 5.91 Å². The highest BCUT2D eigenvalue weighted by Gasteiger charge is 2.21. The highest BCUT2D eigenvalue weighted by molar-refractivity contribution is 6.32. The smallest absolute Gasteiger partial charge is 0.236 e. The van der Waals surface area contributed by atoms with Gasteiger partial charge < -0.3 is 10.2 Å². The highest BCUT2D eigenvalue weighted by atomic mass is 35.5. The third kappa shape index (κ3) is 4.05. The molecule has 0 spiro atoms. The number of piperidine rings is 1. The second-order valence-corrected chi connectivity index (χ2v) is 5.61. The summed E-state index contributed by atoms with van der Waals surface area (Å²) < 4.78 is 0. The topological polar surface area (TPSA) is 61.4 Å². The Morgan fingerprint density at radius 3 is 2.80 bits per heavy atom. The number of amides is 1. The van der Waals surface area contributed by atoms with Crippen LogP contribution in [0.15, 0.2) is 12.5 Å². The molecular weight excluding hydrogens is 278 g/mol. The van der Waals surface area contributed by atoms with Crippen molar-refractivity contribution in [3.05, 3.63) is 17.5 Å². The van der Waals surface area contributed by atoms with Crippen LogP contribution >= 0.6 is 11.6 Å². The third-order valence-electron chi connectivity index (χ3n) is 3.45. The van der Waals surface area contributed by atoms with Gasteiger partial charge in [0.15, 0.2) is 0 Å². The number of nitrogens with one attached hydrogen (secondary N) is 1. The number of nitrogens with zero attached hydrogens (tertiary/aromatic N) is 4. The van der Waals surface area contributed by atoms with E-state index in [2.05, 4.69) is 20.2 Å². The predicted octanol–water partition coefficient (Wildman–Crippen LogP) is 1.09. The molecular formula is C13H20ClN5O. The van der Waals surface area contributed by atoms with Crippen LogP contribution in [-0.2, 0) is 4.79 Å². The zero-order chi connectivity index (χ0) is 14.5. The SMILES string of the molecule is CN(C)C(=O)CN1CCC(Nc2ncncc2Cl)CC1. The van der Waals surface area contributed by atoms with Crippen LogP contribution in [0.25, 0.3) is 0 Å². The minimum Gasteiger partial charge on any atom is -0.366 e. The lowest BCUT2D eigenvalue weighted by Crippen LogP contribution is -2.44. The summed E-state index contributed by atoms with van der Waals surface area (Å²) in [7, 11) is 3.57. The van der Waals surface area contributed by atoms with Gasteiger partial charge in [0.25, 0.3) is 0 Å². The second kappa shape index (κ2) is 6.85. The molecule has 1 aromatic rings. The number of halogens is 1. The maximum absolute atomic E-state index is 11.7. The molecule has 2 rings (SSSR count). The van der Waals surface area contributed by atoms with Crippen molar-refractivity contribution in [3.8, 4) is 0 Å². The van der Waals surface area contributed by atoms with Crippen LogP contribution < -0.4 is 5.32 Å². The van der Waals surface area contributed by atoms with Gasteiger partial charge in [-0.1, -0.05) is 11.6 Å². The molecule has 20 heavy (non-hydrogen) atoms. The average Bonchev–Trinajstić information content (AvgIpc) is 2.43.